The minimum Gasteiger partial charge on any atom is -0.236 e. The summed E-state index contributed by atoms with van der Waals surface area (Å²) >= 11 is 9.45. The average molecular weight is 348 g/mol. The molecule has 4 rings (SSSR count). The van der Waals surface area contributed by atoms with Crippen molar-refractivity contribution >= 4 is 40.8 Å². The number of fused-ring (bicyclic) bond motifs is 3. The Morgan fingerprint density at radius 3 is 3.00 bits per heavy atom. The summed E-state index contributed by atoms with van der Waals surface area (Å²) < 4.78 is 2.04. The average Bonchev–Trinajstić information content (AvgIpc) is 3.11. The van der Waals surface area contributed by atoms with Crippen LogP contribution in [0.25, 0.3) is 5.65 Å². The number of halogens is 1. The van der Waals surface area contributed by atoms with Gasteiger partial charge in [0.25, 0.3) is 0 Å². The summed E-state index contributed by atoms with van der Waals surface area (Å²) in [6.45, 7) is 0. The van der Waals surface area contributed by atoms with Gasteiger partial charge >= 0.3 is 0 Å². The maximum Gasteiger partial charge on any atom is 0.170 e. The number of aromatic nitrogens is 3. The molecule has 1 aromatic carbocycles. The molecule has 0 amide bonds. The van der Waals surface area contributed by atoms with Gasteiger partial charge in [-0.05, 0) is 49.3 Å². The van der Waals surface area contributed by atoms with Gasteiger partial charge < -0.3 is 0 Å². The molecule has 0 bridgehead atoms. The van der Waals surface area contributed by atoms with Gasteiger partial charge in [-0.15, -0.1) is 11.8 Å². The first-order valence-corrected chi connectivity index (χ1v) is 9.55. The number of thioether (sulfide) groups is 1. The molecule has 1 aliphatic carbocycles. The normalized spacial score (nSPS) is 13.7. The van der Waals surface area contributed by atoms with Crippen LogP contribution in [0.15, 0.2) is 45.3 Å². The number of nitrogens with zero attached hydrogens (tertiary/aromatic N) is 3. The fraction of sp³-hybridized carbons (Fsp3) is 0.250. The Morgan fingerprint density at radius 2 is 2.18 bits per heavy atom. The lowest BCUT2D eigenvalue weighted by Crippen LogP contribution is -1.99. The molecule has 0 atom stereocenters. The third kappa shape index (κ3) is 2.41. The van der Waals surface area contributed by atoms with Gasteiger partial charge in [-0.3, -0.25) is 0 Å². The van der Waals surface area contributed by atoms with E-state index in [0.717, 1.165) is 38.3 Å². The summed E-state index contributed by atoms with van der Waals surface area (Å²) in [6, 6.07) is 7.91. The highest BCUT2D eigenvalue weighted by Crippen LogP contribution is 2.38. The quantitative estimate of drug-likeness (QED) is 0.640. The first kappa shape index (κ1) is 14.4. The molecule has 22 heavy (non-hydrogen) atoms. The molecule has 0 spiro atoms. The van der Waals surface area contributed by atoms with Crippen LogP contribution in [0.3, 0.4) is 0 Å². The molecule has 0 radical (unpaired) electrons. The fourth-order valence-corrected chi connectivity index (χ4v) is 4.82. The lowest BCUT2D eigenvalue weighted by Gasteiger charge is -2.03. The molecule has 112 valence electrons. The second-order valence-corrected chi connectivity index (χ2v) is 7.53. The third-order valence-corrected chi connectivity index (χ3v) is 5.93. The van der Waals surface area contributed by atoms with Gasteiger partial charge in [0.2, 0.25) is 0 Å². The van der Waals surface area contributed by atoms with Gasteiger partial charge in [-0.1, -0.05) is 29.4 Å². The molecule has 0 aliphatic heterocycles. The Hall–Kier alpha value is -1.17. The van der Waals surface area contributed by atoms with E-state index in [-0.39, 0.29) is 0 Å². The Balaban J connectivity index is 1.86. The van der Waals surface area contributed by atoms with Crippen molar-refractivity contribution in [3.8, 4) is 0 Å². The minimum absolute atomic E-state index is 0.751. The van der Waals surface area contributed by atoms with Gasteiger partial charge in [0.15, 0.2) is 5.65 Å². The Kier molecular flexibility index (Phi) is 3.80. The van der Waals surface area contributed by atoms with Crippen LogP contribution < -0.4 is 0 Å². The number of rotatable bonds is 3. The van der Waals surface area contributed by atoms with E-state index in [1.165, 1.54) is 17.7 Å². The van der Waals surface area contributed by atoms with E-state index in [1.54, 1.807) is 23.5 Å². The summed E-state index contributed by atoms with van der Waals surface area (Å²) in [5.74, 6) is 0. The summed E-state index contributed by atoms with van der Waals surface area (Å²) in [5, 5.41) is 6.56. The van der Waals surface area contributed by atoms with Crippen LogP contribution in [0.1, 0.15) is 17.7 Å². The second-order valence-electron chi connectivity index (χ2n) is 5.22. The summed E-state index contributed by atoms with van der Waals surface area (Å²) in [5.41, 5.74) is 3.61. The van der Waals surface area contributed by atoms with E-state index in [1.807, 2.05) is 28.9 Å². The summed E-state index contributed by atoms with van der Waals surface area (Å²) in [4.78, 5) is 6.90. The van der Waals surface area contributed by atoms with Crippen LogP contribution in [-0.4, -0.2) is 20.9 Å². The van der Waals surface area contributed by atoms with Crippen LogP contribution in [-0.2, 0) is 12.8 Å². The van der Waals surface area contributed by atoms with E-state index >= 15 is 0 Å². The molecule has 3 nitrogen and oxygen atoms in total. The van der Waals surface area contributed by atoms with Crippen LogP contribution in [0.5, 0.6) is 0 Å². The van der Waals surface area contributed by atoms with Crippen molar-refractivity contribution in [3.05, 3.63) is 46.7 Å². The molecule has 0 saturated heterocycles. The van der Waals surface area contributed by atoms with Crippen molar-refractivity contribution in [1.82, 2.24) is 14.6 Å². The molecule has 0 N–H and O–H groups in total. The number of hydrogen-bond donors (Lipinski definition) is 0. The summed E-state index contributed by atoms with van der Waals surface area (Å²) in [7, 11) is 0. The number of aryl methyl sites for hydroxylation is 2. The molecule has 2 heterocycles. The van der Waals surface area contributed by atoms with Crippen LogP contribution >= 0.6 is 35.1 Å². The zero-order valence-electron chi connectivity index (χ0n) is 12.0. The van der Waals surface area contributed by atoms with E-state index in [0.29, 0.717) is 0 Å². The number of hydrogen-bond acceptors (Lipinski definition) is 4. The second kappa shape index (κ2) is 5.80. The van der Waals surface area contributed by atoms with Gasteiger partial charge in [-0.25, -0.2) is 9.50 Å². The molecule has 0 fully saturated rings. The molecule has 3 aromatic rings. The molecule has 0 unspecified atom stereocenters. The molecular weight excluding hydrogens is 334 g/mol. The molecular formula is C16H14ClN3S2. The van der Waals surface area contributed by atoms with Crippen LogP contribution in [0.2, 0.25) is 5.02 Å². The van der Waals surface area contributed by atoms with Gasteiger partial charge in [0.05, 0.1) is 4.90 Å². The largest absolute Gasteiger partial charge is 0.236 e. The summed E-state index contributed by atoms with van der Waals surface area (Å²) in [6.07, 6.45) is 7.48. The van der Waals surface area contributed by atoms with Crippen molar-refractivity contribution in [1.29, 1.82) is 0 Å². The molecule has 0 saturated carbocycles. The Labute approximate surface area is 142 Å². The number of benzene rings is 1. The molecule has 1 aliphatic rings. The third-order valence-electron chi connectivity index (χ3n) is 3.83. The SMILES string of the molecule is CSc1nn2c3c(cnc2c1Sc1cccc(Cl)c1)CCC3. The van der Waals surface area contributed by atoms with E-state index in [9.17, 15) is 0 Å². The van der Waals surface area contributed by atoms with Crippen LogP contribution in [0, 0.1) is 0 Å². The van der Waals surface area contributed by atoms with Gasteiger partial charge in [0, 0.05) is 21.8 Å². The maximum absolute atomic E-state index is 6.10. The highest BCUT2D eigenvalue weighted by molar-refractivity contribution is 8.02. The van der Waals surface area contributed by atoms with E-state index in [4.69, 9.17) is 16.7 Å². The van der Waals surface area contributed by atoms with Crippen LogP contribution in [0.4, 0.5) is 0 Å². The van der Waals surface area contributed by atoms with Crippen molar-refractivity contribution in [2.45, 2.75) is 34.1 Å². The van der Waals surface area contributed by atoms with Crippen molar-refractivity contribution in [2.75, 3.05) is 6.26 Å². The van der Waals surface area contributed by atoms with Gasteiger partial charge in [0.1, 0.15) is 5.03 Å². The first-order chi connectivity index (χ1) is 10.8. The Morgan fingerprint density at radius 1 is 1.27 bits per heavy atom. The monoisotopic (exact) mass is 347 g/mol. The predicted molar refractivity (Wildman–Crippen MR) is 92.4 cm³/mol. The lowest BCUT2D eigenvalue weighted by atomic mass is 10.3. The maximum atomic E-state index is 6.10. The molecule has 2 aromatic heterocycles. The van der Waals surface area contributed by atoms with Crippen molar-refractivity contribution in [3.63, 3.8) is 0 Å². The lowest BCUT2D eigenvalue weighted by molar-refractivity contribution is 0.811. The zero-order valence-corrected chi connectivity index (χ0v) is 14.4. The first-order valence-electron chi connectivity index (χ1n) is 7.13. The highest BCUT2D eigenvalue weighted by Gasteiger charge is 2.21. The Bertz CT molecular complexity index is 860. The van der Waals surface area contributed by atoms with E-state index in [2.05, 4.69) is 17.3 Å². The van der Waals surface area contributed by atoms with Crippen molar-refractivity contribution in [2.24, 2.45) is 0 Å². The smallest absolute Gasteiger partial charge is 0.170 e. The van der Waals surface area contributed by atoms with Crippen molar-refractivity contribution < 1.29 is 0 Å². The van der Waals surface area contributed by atoms with E-state index < -0.39 is 0 Å². The minimum atomic E-state index is 0.751. The van der Waals surface area contributed by atoms with Gasteiger partial charge in [-0.2, -0.15) is 5.10 Å². The molecule has 6 heteroatoms. The zero-order chi connectivity index (χ0) is 15.1. The fourth-order valence-electron chi connectivity index (χ4n) is 2.82. The standard InChI is InChI=1S/C16H14ClN3S2/c1-21-16-14(22-12-6-3-5-11(17)8-12)15-18-9-10-4-2-7-13(10)20(15)19-16/h3,5-6,8-9H,2,4,7H2,1H3. The topological polar surface area (TPSA) is 30.2 Å². The predicted octanol–water partition coefficient (Wildman–Crippen LogP) is 4.74. The highest BCUT2D eigenvalue weighted by atomic mass is 35.5.